The highest BCUT2D eigenvalue weighted by Crippen LogP contribution is 2.12. The van der Waals surface area contributed by atoms with E-state index in [0.29, 0.717) is 6.04 Å². The number of aliphatic imine (C=N–C) groups is 1. The molecule has 0 amide bonds. The second-order valence-corrected chi connectivity index (χ2v) is 3.46. The molecule has 0 bridgehead atoms. The Labute approximate surface area is 75.0 Å². The summed E-state index contributed by atoms with van der Waals surface area (Å²) in [6.07, 6.45) is 6.53. The molecule has 1 unspecified atom stereocenters. The van der Waals surface area contributed by atoms with Crippen molar-refractivity contribution in [1.29, 1.82) is 0 Å². The van der Waals surface area contributed by atoms with Crippen molar-refractivity contribution in [1.82, 2.24) is 0 Å². The maximum Gasteiger partial charge on any atom is 0.180 e. The van der Waals surface area contributed by atoms with Crippen LogP contribution in [0.1, 0.15) is 46.0 Å². The van der Waals surface area contributed by atoms with E-state index in [1.165, 1.54) is 32.1 Å². The molecule has 1 heterocycles. The van der Waals surface area contributed by atoms with Gasteiger partial charge in [-0.05, 0) is 6.42 Å². The summed E-state index contributed by atoms with van der Waals surface area (Å²) >= 11 is 0. The molecule has 0 spiro atoms. The Balaban J connectivity index is 2.01. The highest BCUT2D eigenvalue weighted by atomic mass is 16.5. The molecule has 1 aliphatic heterocycles. The van der Waals surface area contributed by atoms with Crippen LogP contribution in [0.2, 0.25) is 0 Å². The second kappa shape index (κ2) is 5.18. The Morgan fingerprint density at radius 3 is 2.83 bits per heavy atom. The molecular formula is C10H19NO. The van der Waals surface area contributed by atoms with Gasteiger partial charge in [0.05, 0.1) is 6.04 Å². The van der Waals surface area contributed by atoms with E-state index in [4.69, 9.17) is 4.74 Å². The van der Waals surface area contributed by atoms with Crippen LogP contribution < -0.4 is 0 Å². The lowest BCUT2D eigenvalue weighted by atomic mass is 10.1. The fourth-order valence-electron chi connectivity index (χ4n) is 1.50. The van der Waals surface area contributed by atoms with Crippen LogP contribution in [0, 0.1) is 0 Å². The van der Waals surface area contributed by atoms with E-state index < -0.39 is 0 Å². The maximum atomic E-state index is 5.27. The van der Waals surface area contributed by atoms with Crippen molar-refractivity contribution >= 4 is 5.90 Å². The fourth-order valence-corrected chi connectivity index (χ4v) is 1.50. The summed E-state index contributed by atoms with van der Waals surface area (Å²) in [4.78, 5) is 4.38. The van der Waals surface area contributed by atoms with E-state index in [2.05, 4.69) is 11.9 Å². The van der Waals surface area contributed by atoms with Gasteiger partial charge in [0.25, 0.3) is 0 Å². The second-order valence-electron chi connectivity index (χ2n) is 3.46. The molecule has 0 N–H and O–H groups in total. The molecule has 0 fully saturated rings. The zero-order chi connectivity index (χ0) is 8.81. The lowest BCUT2D eigenvalue weighted by molar-refractivity contribution is 0.307. The molecule has 1 atom stereocenters. The van der Waals surface area contributed by atoms with Gasteiger partial charge in [0.15, 0.2) is 5.90 Å². The Morgan fingerprint density at radius 1 is 1.42 bits per heavy atom. The molecule has 70 valence electrons. The molecule has 0 saturated carbocycles. The normalized spacial score (nSPS) is 22.2. The number of ether oxygens (including phenoxy) is 1. The minimum Gasteiger partial charge on any atom is -0.479 e. The van der Waals surface area contributed by atoms with E-state index >= 15 is 0 Å². The van der Waals surface area contributed by atoms with Crippen molar-refractivity contribution in [2.24, 2.45) is 4.99 Å². The van der Waals surface area contributed by atoms with Crippen molar-refractivity contribution in [2.75, 3.05) is 6.61 Å². The predicted molar refractivity (Wildman–Crippen MR) is 51.6 cm³/mol. The largest absolute Gasteiger partial charge is 0.479 e. The summed E-state index contributed by atoms with van der Waals surface area (Å²) in [5.41, 5.74) is 0. The Morgan fingerprint density at radius 2 is 2.25 bits per heavy atom. The van der Waals surface area contributed by atoms with Crippen molar-refractivity contribution in [3.05, 3.63) is 0 Å². The topological polar surface area (TPSA) is 21.6 Å². The molecule has 2 nitrogen and oxygen atoms in total. The molecule has 0 aromatic carbocycles. The smallest absolute Gasteiger partial charge is 0.180 e. The van der Waals surface area contributed by atoms with Crippen LogP contribution in [-0.2, 0) is 4.74 Å². The first-order chi connectivity index (χ1) is 5.83. The standard InChI is InChI=1S/C10H19NO/c1-3-4-5-6-7-10-8-12-9(2)11-10/h10H,3-8H2,1-2H3. The summed E-state index contributed by atoms with van der Waals surface area (Å²) in [5.74, 6) is 0.871. The van der Waals surface area contributed by atoms with Crippen molar-refractivity contribution in [3.8, 4) is 0 Å². The number of nitrogens with zero attached hydrogens (tertiary/aromatic N) is 1. The third-order valence-corrected chi connectivity index (χ3v) is 2.24. The molecule has 0 aromatic rings. The number of hydrogen-bond acceptors (Lipinski definition) is 2. The maximum absolute atomic E-state index is 5.27. The van der Waals surface area contributed by atoms with Gasteiger partial charge in [-0.1, -0.05) is 32.6 Å². The number of rotatable bonds is 5. The third-order valence-electron chi connectivity index (χ3n) is 2.24. The minimum atomic E-state index is 0.460. The first-order valence-electron chi connectivity index (χ1n) is 5.00. The van der Waals surface area contributed by atoms with Gasteiger partial charge in [-0.2, -0.15) is 0 Å². The zero-order valence-corrected chi connectivity index (χ0v) is 8.18. The van der Waals surface area contributed by atoms with Gasteiger partial charge >= 0.3 is 0 Å². The lowest BCUT2D eigenvalue weighted by Gasteiger charge is -2.03. The molecule has 2 heteroatoms. The Kier molecular flexibility index (Phi) is 4.12. The van der Waals surface area contributed by atoms with Crippen LogP contribution in [0.15, 0.2) is 4.99 Å². The molecule has 1 rings (SSSR count). The monoisotopic (exact) mass is 169 g/mol. The van der Waals surface area contributed by atoms with Crippen molar-refractivity contribution in [2.45, 2.75) is 52.0 Å². The fraction of sp³-hybridized carbons (Fsp3) is 0.900. The lowest BCUT2D eigenvalue weighted by Crippen LogP contribution is -2.05. The molecule has 1 aliphatic rings. The Bertz CT molecular complexity index is 154. The van der Waals surface area contributed by atoms with E-state index in [0.717, 1.165) is 12.5 Å². The number of unbranched alkanes of at least 4 members (excludes halogenated alkanes) is 3. The van der Waals surface area contributed by atoms with E-state index in [1.54, 1.807) is 0 Å². The van der Waals surface area contributed by atoms with E-state index in [-0.39, 0.29) is 0 Å². The predicted octanol–water partition coefficient (Wildman–Crippen LogP) is 2.77. The zero-order valence-electron chi connectivity index (χ0n) is 8.18. The molecule has 12 heavy (non-hydrogen) atoms. The Hall–Kier alpha value is -0.530. The van der Waals surface area contributed by atoms with Gasteiger partial charge in [0, 0.05) is 6.92 Å². The van der Waals surface area contributed by atoms with Crippen LogP contribution >= 0.6 is 0 Å². The summed E-state index contributed by atoms with van der Waals surface area (Å²) < 4.78 is 5.27. The first kappa shape index (κ1) is 9.56. The van der Waals surface area contributed by atoms with Gasteiger partial charge in [-0.3, -0.25) is 0 Å². The van der Waals surface area contributed by atoms with Gasteiger partial charge in [-0.15, -0.1) is 0 Å². The SMILES string of the molecule is CCCCCCC1COC(C)=N1. The summed E-state index contributed by atoms with van der Waals surface area (Å²) in [6.45, 7) is 4.99. The first-order valence-corrected chi connectivity index (χ1v) is 5.00. The van der Waals surface area contributed by atoms with Gasteiger partial charge in [0.1, 0.15) is 6.61 Å². The summed E-state index contributed by atoms with van der Waals surface area (Å²) in [6, 6.07) is 0.460. The van der Waals surface area contributed by atoms with Crippen LogP contribution in [0.5, 0.6) is 0 Å². The van der Waals surface area contributed by atoms with Crippen molar-refractivity contribution < 1.29 is 4.74 Å². The highest BCUT2D eigenvalue weighted by Gasteiger charge is 2.14. The average Bonchev–Trinajstić information content (AvgIpc) is 2.45. The van der Waals surface area contributed by atoms with Crippen molar-refractivity contribution in [3.63, 3.8) is 0 Å². The van der Waals surface area contributed by atoms with E-state index in [1.807, 2.05) is 6.92 Å². The van der Waals surface area contributed by atoms with Crippen LogP contribution in [0.25, 0.3) is 0 Å². The minimum absolute atomic E-state index is 0.460. The molecule has 0 radical (unpaired) electrons. The molecular weight excluding hydrogens is 150 g/mol. The van der Waals surface area contributed by atoms with Crippen LogP contribution in [0.4, 0.5) is 0 Å². The molecule has 0 aromatic heterocycles. The molecule has 0 aliphatic carbocycles. The average molecular weight is 169 g/mol. The summed E-state index contributed by atoms with van der Waals surface area (Å²) in [7, 11) is 0. The van der Waals surface area contributed by atoms with Gasteiger partial charge < -0.3 is 4.74 Å². The number of hydrogen-bond donors (Lipinski definition) is 0. The third kappa shape index (κ3) is 3.24. The molecule has 0 saturated heterocycles. The van der Waals surface area contributed by atoms with Gasteiger partial charge in [-0.25, -0.2) is 4.99 Å². The van der Waals surface area contributed by atoms with Crippen LogP contribution in [-0.4, -0.2) is 18.5 Å². The quantitative estimate of drug-likeness (QED) is 0.580. The van der Waals surface area contributed by atoms with Gasteiger partial charge in [0.2, 0.25) is 0 Å². The summed E-state index contributed by atoms with van der Waals surface area (Å²) in [5, 5.41) is 0. The highest BCUT2D eigenvalue weighted by molar-refractivity contribution is 5.74. The van der Waals surface area contributed by atoms with Crippen LogP contribution in [0.3, 0.4) is 0 Å². The van der Waals surface area contributed by atoms with E-state index in [9.17, 15) is 0 Å².